The molecule has 0 saturated carbocycles. The summed E-state index contributed by atoms with van der Waals surface area (Å²) in [6, 6.07) is 0.542. The zero-order chi connectivity index (χ0) is 9.94. The normalized spacial score (nSPS) is 11.1. The molecule has 0 fully saturated rings. The Bertz CT molecular complexity index is 92.1. The van der Waals surface area contributed by atoms with Crippen LogP contribution in [0.1, 0.15) is 59.3 Å². The summed E-state index contributed by atoms with van der Waals surface area (Å²) in [6.45, 7) is 7.65. The molecule has 0 aromatic carbocycles. The van der Waals surface area contributed by atoms with Crippen LogP contribution in [0.15, 0.2) is 0 Å². The zero-order valence-electron chi connectivity index (χ0n) is 9.53. The van der Waals surface area contributed by atoms with Crippen molar-refractivity contribution in [3.8, 4) is 0 Å². The van der Waals surface area contributed by atoms with Crippen LogP contribution < -0.4 is 10.9 Å². The third-order valence-electron chi connectivity index (χ3n) is 2.05. The molecule has 0 aliphatic heterocycles. The van der Waals surface area contributed by atoms with Crippen molar-refractivity contribution < 1.29 is 0 Å². The summed E-state index contributed by atoms with van der Waals surface area (Å²) in [7, 11) is 0. The smallest absolute Gasteiger partial charge is 0.0156 e. The first-order valence-corrected chi connectivity index (χ1v) is 5.75. The average Bonchev–Trinajstić information content (AvgIpc) is 2.09. The van der Waals surface area contributed by atoms with Crippen LogP contribution in [0, 0.1) is 0 Å². The summed E-state index contributed by atoms with van der Waals surface area (Å²) < 4.78 is 0. The van der Waals surface area contributed by atoms with Crippen LogP contribution in [-0.2, 0) is 0 Å². The molecule has 0 unspecified atom stereocenters. The fourth-order valence-electron chi connectivity index (χ4n) is 1.27. The molecule has 0 saturated heterocycles. The standard InChI is InChI=1S/C11H26N2/c1-4-5-6-7-8-9-10-12-13-11(2)3/h11-13H,4-10H2,1-3H3. The van der Waals surface area contributed by atoms with E-state index >= 15 is 0 Å². The first-order chi connectivity index (χ1) is 6.27. The third-order valence-corrected chi connectivity index (χ3v) is 2.05. The van der Waals surface area contributed by atoms with Crippen LogP contribution in [0.2, 0.25) is 0 Å². The van der Waals surface area contributed by atoms with E-state index in [2.05, 4.69) is 31.6 Å². The third kappa shape index (κ3) is 11.9. The summed E-state index contributed by atoms with van der Waals surface area (Å²) >= 11 is 0. The van der Waals surface area contributed by atoms with Gasteiger partial charge in [-0.05, 0) is 20.3 Å². The minimum absolute atomic E-state index is 0.542. The molecule has 0 spiro atoms. The van der Waals surface area contributed by atoms with E-state index in [0.717, 1.165) is 6.54 Å². The van der Waals surface area contributed by atoms with Crippen LogP contribution in [0.4, 0.5) is 0 Å². The van der Waals surface area contributed by atoms with Gasteiger partial charge in [0, 0.05) is 12.6 Å². The van der Waals surface area contributed by atoms with Gasteiger partial charge in [0.15, 0.2) is 0 Å². The van der Waals surface area contributed by atoms with Gasteiger partial charge in [-0.2, -0.15) is 0 Å². The first kappa shape index (κ1) is 12.9. The maximum Gasteiger partial charge on any atom is 0.0156 e. The van der Waals surface area contributed by atoms with Crippen molar-refractivity contribution in [1.29, 1.82) is 0 Å². The molecule has 0 aliphatic rings. The van der Waals surface area contributed by atoms with Crippen molar-refractivity contribution in [2.75, 3.05) is 6.54 Å². The molecule has 2 nitrogen and oxygen atoms in total. The van der Waals surface area contributed by atoms with Gasteiger partial charge in [-0.1, -0.05) is 39.0 Å². The Balaban J connectivity index is 2.84. The lowest BCUT2D eigenvalue weighted by Crippen LogP contribution is -2.37. The molecular weight excluding hydrogens is 160 g/mol. The Morgan fingerprint density at radius 1 is 0.923 bits per heavy atom. The van der Waals surface area contributed by atoms with E-state index in [4.69, 9.17) is 0 Å². The van der Waals surface area contributed by atoms with E-state index < -0.39 is 0 Å². The molecule has 0 bridgehead atoms. The van der Waals surface area contributed by atoms with Crippen LogP contribution in [0.5, 0.6) is 0 Å². The monoisotopic (exact) mass is 186 g/mol. The Kier molecular flexibility index (Phi) is 9.94. The Morgan fingerprint density at radius 2 is 1.54 bits per heavy atom. The van der Waals surface area contributed by atoms with E-state index in [1.165, 1.54) is 38.5 Å². The van der Waals surface area contributed by atoms with E-state index in [0.29, 0.717) is 6.04 Å². The molecule has 0 heterocycles. The number of unbranched alkanes of at least 4 members (excludes halogenated alkanes) is 5. The highest BCUT2D eigenvalue weighted by Gasteiger charge is 1.91. The number of rotatable bonds is 9. The number of hydrogen-bond acceptors (Lipinski definition) is 2. The van der Waals surface area contributed by atoms with Gasteiger partial charge in [-0.25, -0.2) is 0 Å². The molecular formula is C11H26N2. The van der Waals surface area contributed by atoms with Crippen molar-refractivity contribution >= 4 is 0 Å². The van der Waals surface area contributed by atoms with Crippen LogP contribution in [-0.4, -0.2) is 12.6 Å². The Hall–Kier alpha value is -0.0800. The fourth-order valence-corrected chi connectivity index (χ4v) is 1.27. The van der Waals surface area contributed by atoms with E-state index in [9.17, 15) is 0 Å². The van der Waals surface area contributed by atoms with E-state index in [-0.39, 0.29) is 0 Å². The first-order valence-electron chi connectivity index (χ1n) is 5.75. The SMILES string of the molecule is CCCCCCCCNNC(C)C. The molecule has 80 valence electrons. The molecule has 0 rings (SSSR count). The molecule has 0 aliphatic carbocycles. The Labute approximate surface area is 83.5 Å². The molecule has 13 heavy (non-hydrogen) atoms. The highest BCUT2D eigenvalue weighted by Crippen LogP contribution is 2.03. The average molecular weight is 186 g/mol. The molecule has 0 aromatic heterocycles. The van der Waals surface area contributed by atoms with Crippen molar-refractivity contribution in [1.82, 2.24) is 10.9 Å². The molecule has 2 N–H and O–H groups in total. The summed E-state index contributed by atoms with van der Waals surface area (Å²) in [4.78, 5) is 0. The maximum atomic E-state index is 3.23. The lowest BCUT2D eigenvalue weighted by atomic mass is 10.1. The number of nitrogens with one attached hydrogen (secondary N) is 2. The number of hydrazine groups is 1. The largest absolute Gasteiger partial charge is 0.258 e. The number of hydrogen-bond donors (Lipinski definition) is 2. The highest BCUT2D eigenvalue weighted by atomic mass is 15.4. The minimum atomic E-state index is 0.542. The second-order valence-corrected chi connectivity index (χ2v) is 3.99. The van der Waals surface area contributed by atoms with Gasteiger partial charge in [-0.3, -0.25) is 10.9 Å². The summed E-state index contributed by atoms with van der Waals surface area (Å²) in [5.74, 6) is 0. The predicted molar refractivity (Wildman–Crippen MR) is 59.7 cm³/mol. The van der Waals surface area contributed by atoms with Gasteiger partial charge >= 0.3 is 0 Å². The van der Waals surface area contributed by atoms with Crippen LogP contribution >= 0.6 is 0 Å². The van der Waals surface area contributed by atoms with Gasteiger partial charge in [0.2, 0.25) is 0 Å². The quantitative estimate of drug-likeness (QED) is 0.427. The molecule has 0 radical (unpaired) electrons. The molecule has 0 atom stereocenters. The maximum absolute atomic E-state index is 3.23. The summed E-state index contributed by atoms with van der Waals surface area (Å²) in [6.07, 6.45) is 8.21. The summed E-state index contributed by atoms with van der Waals surface area (Å²) in [5.41, 5.74) is 6.42. The van der Waals surface area contributed by atoms with Crippen molar-refractivity contribution in [3.05, 3.63) is 0 Å². The van der Waals surface area contributed by atoms with Crippen molar-refractivity contribution in [2.24, 2.45) is 0 Å². The topological polar surface area (TPSA) is 24.1 Å². The van der Waals surface area contributed by atoms with Crippen molar-refractivity contribution in [3.63, 3.8) is 0 Å². The van der Waals surface area contributed by atoms with Gasteiger partial charge in [0.25, 0.3) is 0 Å². The van der Waals surface area contributed by atoms with Crippen LogP contribution in [0.25, 0.3) is 0 Å². The van der Waals surface area contributed by atoms with Gasteiger partial charge < -0.3 is 0 Å². The fraction of sp³-hybridized carbons (Fsp3) is 1.00. The van der Waals surface area contributed by atoms with Gasteiger partial charge in [0.1, 0.15) is 0 Å². The Morgan fingerprint density at radius 3 is 2.15 bits per heavy atom. The van der Waals surface area contributed by atoms with Gasteiger partial charge in [0.05, 0.1) is 0 Å². The summed E-state index contributed by atoms with van der Waals surface area (Å²) in [5, 5.41) is 0. The second-order valence-electron chi connectivity index (χ2n) is 3.99. The molecule has 2 heteroatoms. The van der Waals surface area contributed by atoms with Crippen molar-refractivity contribution in [2.45, 2.75) is 65.3 Å². The highest BCUT2D eigenvalue weighted by molar-refractivity contribution is 4.49. The van der Waals surface area contributed by atoms with E-state index in [1.807, 2.05) is 0 Å². The lowest BCUT2D eigenvalue weighted by molar-refractivity contribution is 0.456. The predicted octanol–water partition coefficient (Wildman–Crippen LogP) is 2.85. The van der Waals surface area contributed by atoms with E-state index in [1.54, 1.807) is 0 Å². The molecule has 0 aromatic rings. The zero-order valence-corrected chi connectivity index (χ0v) is 9.53. The van der Waals surface area contributed by atoms with Gasteiger partial charge in [-0.15, -0.1) is 0 Å². The molecule has 0 amide bonds. The lowest BCUT2D eigenvalue weighted by Gasteiger charge is -2.09. The minimum Gasteiger partial charge on any atom is -0.258 e. The second kappa shape index (κ2) is 10.0. The van der Waals surface area contributed by atoms with Crippen LogP contribution in [0.3, 0.4) is 0 Å².